The van der Waals surface area contributed by atoms with Crippen LogP contribution in [0.25, 0.3) is 0 Å². The van der Waals surface area contributed by atoms with Gasteiger partial charge in [-0.1, -0.05) is 142 Å². The van der Waals surface area contributed by atoms with Gasteiger partial charge in [0.05, 0.1) is 52.7 Å². The van der Waals surface area contributed by atoms with Crippen molar-refractivity contribution in [1.82, 2.24) is 26.8 Å². The second-order valence-electron chi connectivity index (χ2n) is 21.3. The van der Waals surface area contributed by atoms with E-state index in [4.69, 9.17) is 9.47 Å². The van der Waals surface area contributed by atoms with Crippen molar-refractivity contribution in [3.8, 4) is 0 Å². The highest BCUT2D eigenvalue weighted by atomic mass is 32.2. The molecule has 5 fully saturated rings. The van der Waals surface area contributed by atoms with Gasteiger partial charge in [0.25, 0.3) is 0 Å². The molecule has 0 aromatic carbocycles. The summed E-state index contributed by atoms with van der Waals surface area (Å²) in [5.74, 6) is 0. The Kier molecular flexibility index (Phi) is 78.7. The summed E-state index contributed by atoms with van der Waals surface area (Å²) in [6.07, 6.45) is 8.67. The monoisotopic (exact) mass is 1370 g/mol. The number of rotatable bonds is 10. The van der Waals surface area contributed by atoms with Gasteiger partial charge in [0, 0.05) is 99.7 Å². The van der Waals surface area contributed by atoms with E-state index in [1.165, 1.54) is 53.6 Å². The van der Waals surface area contributed by atoms with Gasteiger partial charge in [0.15, 0.2) is 0 Å². The fraction of sp³-hybridized carbons (Fsp3) is 1.00. The van der Waals surface area contributed by atoms with E-state index in [-0.39, 0.29) is 33.2 Å². The first-order valence-corrected chi connectivity index (χ1v) is 40.0. The maximum atomic E-state index is 11.6. The number of alkyl halides is 3. The van der Waals surface area contributed by atoms with Gasteiger partial charge < -0.3 is 19.5 Å². The van der Waals surface area contributed by atoms with Crippen LogP contribution in [0.3, 0.4) is 0 Å². The van der Waals surface area contributed by atoms with E-state index < -0.39 is 56.3 Å². The molecule has 0 aliphatic carbocycles. The number of nitrogens with zero attached hydrogens (tertiary/aromatic N) is 5. The highest BCUT2D eigenvalue weighted by Crippen LogP contribution is 2.18. The van der Waals surface area contributed by atoms with E-state index in [1.54, 1.807) is 96.4 Å². The Labute approximate surface area is 538 Å². The molecule has 0 unspecified atom stereocenters. The molecule has 0 bridgehead atoms. The number of hydrogen-bond donors (Lipinski definition) is 1. The Morgan fingerprint density at radius 3 is 0.644 bits per heavy atom. The van der Waals surface area contributed by atoms with Gasteiger partial charge in [0.2, 0.25) is 50.1 Å². The molecule has 0 aromatic rings. The third-order valence-corrected chi connectivity index (χ3v) is 21.8. The first kappa shape index (κ1) is 105. The molecule has 0 spiro atoms. The number of methoxy groups -OCH3 is 1. The van der Waals surface area contributed by atoms with Crippen LogP contribution in [0.5, 0.6) is 0 Å². The Morgan fingerprint density at radius 2 is 0.494 bits per heavy atom. The van der Waals surface area contributed by atoms with Crippen molar-refractivity contribution in [2.75, 3.05) is 119 Å². The predicted octanol–water partition coefficient (Wildman–Crippen LogP) is 13.1. The second kappa shape index (κ2) is 65.3. The average Bonchev–Trinajstić information content (AvgIpc) is 3.46. The average molecular weight is 1370 g/mol. The third kappa shape index (κ3) is 59.9. The summed E-state index contributed by atoms with van der Waals surface area (Å²) in [6.45, 7) is 56.4. The van der Waals surface area contributed by atoms with Crippen molar-refractivity contribution >= 4 is 50.1 Å². The van der Waals surface area contributed by atoms with Crippen molar-refractivity contribution in [3.63, 3.8) is 0 Å². The topological polar surface area (TPSA) is 227 Å². The minimum absolute atomic E-state index is 0.188. The Bertz CT molecular complexity index is 1650. The molecular weight excluding hydrogens is 1230 g/mol. The normalized spacial score (nSPS) is 17.0. The summed E-state index contributed by atoms with van der Waals surface area (Å²) in [5, 5.41) is 1.64. The summed E-state index contributed by atoms with van der Waals surface area (Å²) in [5.41, 5.74) is 0. The lowest BCUT2D eigenvalue weighted by molar-refractivity contribution is -0.110. The summed E-state index contributed by atoms with van der Waals surface area (Å²) >= 11 is 0. The molecule has 5 aliphatic heterocycles. The van der Waals surface area contributed by atoms with Crippen LogP contribution in [0, 0.1) is 0 Å². The molecule has 1 N–H and O–H groups in total. The number of piperazine rings is 1. The minimum Gasteiger partial charge on any atom is -0.388 e. The van der Waals surface area contributed by atoms with Gasteiger partial charge in [0.1, 0.15) is 0 Å². The number of morpholine rings is 2. The summed E-state index contributed by atoms with van der Waals surface area (Å²) in [7, 11) is -11.8. The standard InChI is InChI=1S/2C8H17NO2S.C7H16N2O2S.2C7H15NO3S.5C3H8.C2H3F3.C2H6O.2C2H6/c2*1-8(2)12(10,11)9-6-4-3-5-7-9;1-7(2)12(10,11)9-5-3-8-4-6-9;2*1-7(2)12(9,10)8-3-5-11-6-4-8;5*1-3-2;1-2(3,4)5;1-3-2;2*1-2/h2*8H,3-7H2,1-2H3;7-8H,3-6H2,1-2H3;2*7H,3-6H2,1-2H3;5*3H2,1-2H3;1H3;1-2H3;2*1-2H3. The molecule has 19 nitrogen and oxygen atoms in total. The first-order valence-electron chi connectivity index (χ1n) is 32.5. The molecule has 5 saturated heterocycles. The molecule has 5 rings (SSSR count). The van der Waals surface area contributed by atoms with E-state index in [0.29, 0.717) is 65.7 Å². The number of ether oxygens (including phenoxy) is 3. The second-order valence-corrected chi connectivity index (χ2v) is 33.7. The van der Waals surface area contributed by atoms with Gasteiger partial charge in [-0.15, -0.1) is 0 Å². The SMILES string of the molecule is CC.CC.CC(C)S(=O)(=O)N1CCCCC1.CC(C)S(=O)(=O)N1CCCCC1.CC(C)S(=O)(=O)N1CCNCC1.CC(C)S(=O)(=O)N1CCOCC1.CC(C)S(=O)(=O)N1CCOCC1.CC(F)(F)F.CCC.CCC.CCC.CCC.CCC.COC. The van der Waals surface area contributed by atoms with Crippen molar-refractivity contribution < 1.29 is 69.5 Å². The molecule has 0 aromatic heterocycles. The molecule has 5 aliphatic rings. The molecule has 0 atom stereocenters. The van der Waals surface area contributed by atoms with Crippen LogP contribution in [-0.4, -0.2) is 215 Å². The van der Waals surface area contributed by atoms with Crippen molar-refractivity contribution in [2.45, 2.75) is 276 Å². The fourth-order valence-electron chi connectivity index (χ4n) is 6.23. The highest BCUT2D eigenvalue weighted by molar-refractivity contribution is 7.90. The Morgan fingerprint density at radius 1 is 0.356 bits per heavy atom. The molecule has 0 radical (unpaired) electrons. The fourth-order valence-corrected chi connectivity index (χ4v) is 12.8. The zero-order valence-electron chi connectivity index (χ0n) is 60.7. The van der Waals surface area contributed by atoms with E-state index in [2.05, 4.69) is 79.3 Å². The molecule has 5 heterocycles. The van der Waals surface area contributed by atoms with Crippen molar-refractivity contribution in [2.24, 2.45) is 0 Å². The number of halogens is 3. The maximum Gasteiger partial charge on any atom is 0.386 e. The van der Waals surface area contributed by atoms with Crippen LogP contribution in [-0.2, 0) is 64.3 Å². The minimum atomic E-state index is -4.00. The summed E-state index contributed by atoms with van der Waals surface area (Å²) in [4.78, 5) is 0. The maximum absolute atomic E-state index is 11.6. The molecule has 0 saturated carbocycles. The third-order valence-electron chi connectivity index (χ3n) is 10.4. The lowest BCUT2D eigenvalue weighted by Crippen LogP contribution is -2.48. The Balaban J connectivity index is -0.000000113. The van der Waals surface area contributed by atoms with Gasteiger partial charge in [-0.25, -0.2) is 50.7 Å². The van der Waals surface area contributed by atoms with E-state index in [1.807, 2.05) is 27.7 Å². The largest absolute Gasteiger partial charge is 0.388 e. The summed E-state index contributed by atoms with van der Waals surface area (Å²) in [6, 6.07) is 0. The van der Waals surface area contributed by atoms with E-state index >= 15 is 0 Å². The van der Waals surface area contributed by atoms with Crippen molar-refractivity contribution in [3.05, 3.63) is 0 Å². The van der Waals surface area contributed by atoms with Crippen LogP contribution in [0.2, 0.25) is 0 Å². The first-order chi connectivity index (χ1) is 40.2. The predicted molar refractivity (Wildman–Crippen MR) is 368 cm³/mol. The lowest BCUT2D eigenvalue weighted by atomic mass is 10.2. The molecule has 27 heteroatoms. The quantitative estimate of drug-likeness (QED) is 0.215. The summed E-state index contributed by atoms with van der Waals surface area (Å²) < 4.78 is 169. The van der Waals surface area contributed by atoms with Gasteiger partial charge in [-0.05, 0) is 94.9 Å². The van der Waals surface area contributed by atoms with Gasteiger partial charge in [-0.3, -0.25) is 0 Å². The molecule has 540 valence electrons. The molecule has 0 amide bonds. The van der Waals surface area contributed by atoms with Crippen LogP contribution in [0.15, 0.2) is 0 Å². The van der Waals surface area contributed by atoms with E-state index in [0.717, 1.165) is 65.0 Å². The Hall–Kier alpha value is -0.820. The smallest absolute Gasteiger partial charge is 0.386 e. The highest BCUT2D eigenvalue weighted by Gasteiger charge is 2.30. The molecule has 87 heavy (non-hydrogen) atoms. The number of piperidine rings is 2. The van der Waals surface area contributed by atoms with Gasteiger partial charge >= 0.3 is 6.18 Å². The lowest BCUT2D eigenvalue weighted by Gasteiger charge is -2.28. The van der Waals surface area contributed by atoms with E-state index in [9.17, 15) is 55.3 Å². The van der Waals surface area contributed by atoms with Crippen LogP contribution >= 0.6 is 0 Å². The zero-order chi connectivity index (χ0) is 70.7. The van der Waals surface area contributed by atoms with Crippen molar-refractivity contribution in [1.29, 1.82) is 0 Å². The number of nitrogens with one attached hydrogen (secondary N) is 1. The zero-order valence-corrected chi connectivity index (χ0v) is 64.8. The number of hydrogen-bond acceptors (Lipinski definition) is 14. The van der Waals surface area contributed by atoms with Crippen LogP contribution in [0.1, 0.15) is 244 Å². The molecular formula is C60H141F3N6O13S5. The van der Waals surface area contributed by atoms with Crippen LogP contribution in [0.4, 0.5) is 13.2 Å². The van der Waals surface area contributed by atoms with Gasteiger partial charge in [-0.2, -0.15) is 26.1 Å². The van der Waals surface area contributed by atoms with Crippen LogP contribution < -0.4 is 5.32 Å². The number of sulfonamides is 5.